The fourth-order valence-corrected chi connectivity index (χ4v) is 1.01. The molecule has 1 aromatic heterocycles. The van der Waals surface area contributed by atoms with E-state index in [2.05, 4.69) is 15.3 Å². The lowest BCUT2D eigenvalue weighted by atomic mass is 10.2. The van der Waals surface area contributed by atoms with Gasteiger partial charge in [-0.15, -0.1) is 0 Å². The Morgan fingerprint density at radius 3 is 3.00 bits per heavy atom. The topological polar surface area (TPSA) is 84.1 Å². The summed E-state index contributed by atoms with van der Waals surface area (Å²) in [5.41, 5.74) is 5.49. The third-order valence-electron chi connectivity index (χ3n) is 1.75. The predicted molar refractivity (Wildman–Crippen MR) is 56.2 cm³/mol. The second-order valence-corrected chi connectivity index (χ2v) is 3.47. The summed E-state index contributed by atoms with van der Waals surface area (Å²) >= 11 is 5.84. The Morgan fingerprint density at radius 1 is 1.64 bits per heavy atom. The molecule has 14 heavy (non-hydrogen) atoms. The first-order valence-electron chi connectivity index (χ1n) is 4.25. The maximum atomic E-state index is 8.81. The van der Waals surface area contributed by atoms with Gasteiger partial charge in [-0.1, -0.05) is 18.5 Å². The fourth-order valence-electron chi connectivity index (χ4n) is 0.842. The number of anilines is 2. The molecule has 4 N–H and O–H groups in total. The van der Waals surface area contributed by atoms with Crippen LogP contribution in [0.3, 0.4) is 0 Å². The van der Waals surface area contributed by atoms with Gasteiger partial charge in [-0.2, -0.15) is 0 Å². The average Bonchev–Trinajstić information content (AvgIpc) is 2.20. The smallest absolute Gasteiger partial charge is 0.150 e. The molecule has 0 fully saturated rings. The summed E-state index contributed by atoms with van der Waals surface area (Å²) < 4.78 is 0. The highest BCUT2D eigenvalue weighted by Crippen LogP contribution is 2.23. The van der Waals surface area contributed by atoms with Crippen molar-refractivity contribution >= 4 is 23.2 Å². The van der Waals surface area contributed by atoms with Crippen LogP contribution in [-0.2, 0) is 0 Å². The van der Waals surface area contributed by atoms with Crippen LogP contribution in [0.4, 0.5) is 11.6 Å². The highest BCUT2D eigenvalue weighted by Gasteiger charge is 2.07. The van der Waals surface area contributed by atoms with Crippen LogP contribution in [0.5, 0.6) is 0 Å². The van der Waals surface area contributed by atoms with Crippen molar-refractivity contribution < 1.29 is 5.11 Å². The normalized spacial score (nSPS) is 12.5. The first-order chi connectivity index (χ1) is 6.65. The molecule has 1 unspecified atom stereocenters. The number of rotatable bonds is 4. The molecule has 0 saturated carbocycles. The van der Waals surface area contributed by atoms with Crippen molar-refractivity contribution in [1.82, 2.24) is 9.97 Å². The number of nitrogens with one attached hydrogen (secondary N) is 1. The molecule has 0 bridgehead atoms. The lowest BCUT2D eigenvalue weighted by molar-refractivity contribution is 0.244. The van der Waals surface area contributed by atoms with Crippen LogP contribution < -0.4 is 11.1 Å². The first kappa shape index (κ1) is 11.0. The van der Waals surface area contributed by atoms with Crippen molar-refractivity contribution in [1.29, 1.82) is 0 Å². The maximum Gasteiger partial charge on any atom is 0.150 e. The van der Waals surface area contributed by atoms with Gasteiger partial charge in [0, 0.05) is 13.2 Å². The van der Waals surface area contributed by atoms with Crippen LogP contribution in [0.1, 0.15) is 6.92 Å². The number of nitrogen functional groups attached to an aromatic ring is 1. The van der Waals surface area contributed by atoms with E-state index >= 15 is 0 Å². The maximum absolute atomic E-state index is 8.81. The fraction of sp³-hybridized carbons (Fsp3) is 0.500. The van der Waals surface area contributed by atoms with Crippen molar-refractivity contribution in [2.75, 3.05) is 24.2 Å². The minimum Gasteiger partial charge on any atom is -0.396 e. The molecule has 0 spiro atoms. The third-order valence-corrected chi connectivity index (χ3v) is 2.12. The molecule has 5 nitrogen and oxygen atoms in total. The zero-order chi connectivity index (χ0) is 10.6. The number of aromatic nitrogens is 2. The monoisotopic (exact) mass is 216 g/mol. The molecule has 0 saturated heterocycles. The number of aliphatic hydroxyl groups excluding tert-OH is 1. The number of hydrogen-bond donors (Lipinski definition) is 3. The van der Waals surface area contributed by atoms with Crippen molar-refractivity contribution in [3.63, 3.8) is 0 Å². The predicted octanol–water partition coefficient (Wildman–Crippen LogP) is 0.752. The Bertz CT molecular complexity index is 307. The zero-order valence-corrected chi connectivity index (χ0v) is 8.62. The van der Waals surface area contributed by atoms with Gasteiger partial charge in [0.2, 0.25) is 0 Å². The molecule has 0 radical (unpaired) electrons. The van der Waals surface area contributed by atoms with Gasteiger partial charge in [-0.05, 0) is 5.92 Å². The molecule has 0 aliphatic rings. The molecular formula is C8H13ClN4O. The van der Waals surface area contributed by atoms with Gasteiger partial charge >= 0.3 is 0 Å². The highest BCUT2D eigenvalue weighted by atomic mass is 35.5. The van der Waals surface area contributed by atoms with Gasteiger partial charge in [-0.25, -0.2) is 9.97 Å². The molecular weight excluding hydrogens is 204 g/mol. The molecule has 0 aliphatic carbocycles. The van der Waals surface area contributed by atoms with E-state index in [1.807, 2.05) is 6.92 Å². The van der Waals surface area contributed by atoms with E-state index in [-0.39, 0.29) is 18.3 Å². The molecule has 6 heteroatoms. The van der Waals surface area contributed by atoms with Crippen LogP contribution in [0, 0.1) is 5.92 Å². The van der Waals surface area contributed by atoms with Gasteiger partial charge in [-0.3, -0.25) is 0 Å². The highest BCUT2D eigenvalue weighted by molar-refractivity contribution is 6.35. The first-order valence-corrected chi connectivity index (χ1v) is 4.63. The minimum atomic E-state index is 0.116. The van der Waals surface area contributed by atoms with Crippen LogP contribution >= 0.6 is 11.6 Å². The Labute approximate surface area is 87.3 Å². The Morgan fingerprint density at radius 2 is 2.36 bits per heavy atom. The molecule has 0 amide bonds. The number of aliphatic hydroxyl groups is 1. The molecule has 0 aromatic carbocycles. The number of halogens is 1. The molecule has 0 aliphatic heterocycles. The van der Waals surface area contributed by atoms with Gasteiger partial charge in [0.25, 0.3) is 0 Å². The SMILES string of the molecule is CC(CO)CNc1ncnc(N)c1Cl. The summed E-state index contributed by atoms with van der Waals surface area (Å²) in [6.07, 6.45) is 1.34. The Kier molecular flexibility index (Phi) is 3.91. The number of nitrogens with two attached hydrogens (primary N) is 1. The molecule has 1 aromatic rings. The van der Waals surface area contributed by atoms with E-state index in [4.69, 9.17) is 22.4 Å². The largest absolute Gasteiger partial charge is 0.396 e. The van der Waals surface area contributed by atoms with Crippen molar-refractivity contribution in [3.8, 4) is 0 Å². The van der Waals surface area contributed by atoms with Crippen LogP contribution in [0.25, 0.3) is 0 Å². The molecule has 1 heterocycles. The van der Waals surface area contributed by atoms with E-state index in [0.29, 0.717) is 17.4 Å². The van der Waals surface area contributed by atoms with E-state index in [9.17, 15) is 0 Å². The van der Waals surface area contributed by atoms with Gasteiger partial charge in [0.15, 0.2) is 0 Å². The van der Waals surface area contributed by atoms with E-state index in [1.165, 1.54) is 6.33 Å². The summed E-state index contributed by atoms with van der Waals surface area (Å²) in [5.74, 6) is 0.891. The van der Waals surface area contributed by atoms with Crippen molar-refractivity contribution in [2.45, 2.75) is 6.92 Å². The Balaban J connectivity index is 2.63. The lowest BCUT2D eigenvalue weighted by Crippen LogP contribution is -2.15. The summed E-state index contributed by atoms with van der Waals surface area (Å²) in [6.45, 7) is 2.61. The molecule has 1 atom stereocenters. The Hall–Kier alpha value is -1.07. The number of nitrogens with zero attached hydrogens (tertiary/aromatic N) is 2. The van der Waals surface area contributed by atoms with Crippen LogP contribution in [0.2, 0.25) is 5.02 Å². The molecule has 1 rings (SSSR count). The third kappa shape index (κ3) is 2.71. The standard InChI is InChI=1S/C8H13ClN4O/c1-5(3-14)2-11-8-6(9)7(10)12-4-13-8/h4-5,14H,2-3H2,1H3,(H3,10,11,12,13). The number of hydrogen-bond acceptors (Lipinski definition) is 5. The minimum absolute atomic E-state index is 0.116. The van der Waals surface area contributed by atoms with Crippen LogP contribution in [-0.4, -0.2) is 28.2 Å². The zero-order valence-electron chi connectivity index (χ0n) is 7.87. The van der Waals surface area contributed by atoms with Crippen LogP contribution in [0.15, 0.2) is 6.33 Å². The summed E-state index contributed by atoms with van der Waals surface area (Å²) in [7, 11) is 0. The summed E-state index contributed by atoms with van der Waals surface area (Å²) in [4.78, 5) is 7.66. The lowest BCUT2D eigenvalue weighted by Gasteiger charge is -2.11. The van der Waals surface area contributed by atoms with Crippen molar-refractivity contribution in [2.24, 2.45) is 5.92 Å². The van der Waals surface area contributed by atoms with Gasteiger partial charge in [0.1, 0.15) is 23.0 Å². The van der Waals surface area contributed by atoms with Gasteiger partial charge < -0.3 is 16.2 Å². The van der Waals surface area contributed by atoms with Crippen molar-refractivity contribution in [3.05, 3.63) is 11.3 Å². The van der Waals surface area contributed by atoms with E-state index < -0.39 is 0 Å². The summed E-state index contributed by atoms with van der Waals surface area (Å²) in [6, 6.07) is 0. The van der Waals surface area contributed by atoms with E-state index in [0.717, 1.165) is 0 Å². The van der Waals surface area contributed by atoms with Gasteiger partial charge in [0.05, 0.1) is 0 Å². The molecule has 78 valence electrons. The summed E-state index contributed by atoms with van der Waals surface area (Å²) in [5, 5.41) is 12.1. The second-order valence-electron chi connectivity index (χ2n) is 3.09. The van der Waals surface area contributed by atoms with E-state index in [1.54, 1.807) is 0 Å². The average molecular weight is 217 g/mol. The second kappa shape index (κ2) is 4.97. The quantitative estimate of drug-likeness (QED) is 0.692.